The van der Waals surface area contributed by atoms with Crippen LogP contribution in [0.3, 0.4) is 0 Å². The van der Waals surface area contributed by atoms with Crippen LogP contribution in [-0.4, -0.2) is 0 Å². The fraction of sp³-hybridized carbons (Fsp3) is 0.600. The summed E-state index contributed by atoms with van der Waals surface area (Å²) in [4.78, 5) is 0. The van der Waals surface area contributed by atoms with E-state index in [1.807, 2.05) is 0 Å². The van der Waals surface area contributed by atoms with Crippen LogP contribution in [-0.2, 0) is 0 Å². The minimum Gasteiger partial charge on any atom is -0.0773 e. The van der Waals surface area contributed by atoms with Gasteiger partial charge in [-0.3, -0.25) is 0 Å². The van der Waals surface area contributed by atoms with E-state index in [1.165, 1.54) is 25.7 Å². The van der Waals surface area contributed by atoms with Crippen LogP contribution < -0.4 is 0 Å². The van der Waals surface area contributed by atoms with Crippen molar-refractivity contribution in [3.63, 3.8) is 0 Å². The molecule has 2 aliphatic carbocycles. The summed E-state index contributed by atoms with van der Waals surface area (Å²) >= 11 is 0. The van der Waals surface area contributed by atoms with Crippen molar-refractivity contribution in [2.24, 2.45) is 5.92 Å². The number of hydrogen-bond donors (Lipinski definition) is 0. The summed E-state index contributed by atoms with van der Waals surface area (Å²) in [5, 5.41) is 0. The van der Waals surface area contributed by atoms with Gasteiger partial charge >= 0.3 is 0 Å². The van der Waals surface area contributed by atoms with Crippen LogP contribution in [0.4, 0.5) is 0 Å². The zero-order valence-corrected chi connectivity index (χ0v) is 6.56. The van der Waals surface area contributed by atoms with Gasteiger partial charge in [0, 0.05) is 0 Å². The Morgan fingerprint density at radius 3 is 2.90 bits per heavy atom. The highest BCUT2D eigenvalue weighted by molar-refractivity contribution is 5.37. The van der Waals surface area contributed by atoms with E-state index in [-0.39, 0.29) is 0 Å². The second-order valence-corrected chi connectivity index (χ2v) is 3.41. The van der Waals surface area contributed by atoms with E-state index < -0.39 is 0 Å². The molecule has 0 spiro atoms. The number of rotatable bonds is 0. The van der Waals surface area contributed by atoms with Crippen molar-refractivity contribution in [2.45, 2.75) is 32.6 Å². The molecule has 0 heteroatoms. The van der Waals surface area contributed by atoms with Crippen molar-refractivity contribution in [1.29, 1.82) is 0 Å². The Morgan fingerprint density at radius 2 is 2.10 bits per heavy atom. The van der Waals surface area contributed by atoms with Gasteiger partial charge in [-0.25, -0.2) is 0 Å². The highest BCUT2D eigenvalue weighted by atomic mass is 14.2. The van der Waals surface area contributed by atoms with Gasteiger partial charge in [0.15, 0.2) is 0 Å². The van der Waals surface area contributed by atoms with E-state index in [1.54, 1.807) is 11.1 Å². The first-order valence-electron chi connectivity index (χ1n) is 4.28. The molecule has 0 amide bonds. The summed E-state index contributed by atoms with van der Waals surface area (Å²) in [7, 11) is 0. The van der Waals surface area contributed by atoms with Gasteiger partial charge in [-0.05, 0) is 37.2 Å². The van der Waals surface area contributed by atoms with E-state index in [2.05, 4.69) is 19.1 Å². The summed E-state index contributed by atoms with van der Waals surface area (Å²) in [6, 6.07) is 0. The van der Waals surface area contributed by atoms with Gasteiger partial charge < -0.3 is 0 Å². The third kappa shape index (κ3) is 0.828. The third-order valence-corrected chi connectivity index (χ3v) is 2.69. The molecule has 0 aromatic rings. The monoisotopic (exact) mass is 134 g/mol. The Bertz CT molecular complexity index is 196. The highest BCUT2D eigenvalue weighted by Gasteiger charge is 2.18. The van der Waals surface area contributed by atoms with Gasteiger partial charge in [-0.1, -0.05) is 24.6 Å². The van der Waals surface area contributed by atoms with Crippen LogP contribution in [0, 0.1) is 5.92 Å². The highest BCUT2D eigenvalue weighted by Crippen LogP contribution is 2.35. The van der Waals surface area contributed by atoms with Gasteiger partial charge in [0.2, 0.25) is 0 Å². The van der Waals surface area contributed by atoms with Gasteiger partial charge in [0.25, 0.3) is 0 Å². The molecule has 0 fully saturated rings. The van der Waals surface area contributed by atoms with Crippen LogP contribution in [0.15, 0.2) is 23.3 Å². The first kappa shape index (κ1) is 6.21. The van der Waals surface area contributed by atoms with Crippen molar-refractivity contribution < 1.29 is 0 Å². The maximum atomic E-state index is 2.34. The topological polar surface area (TPSA) is 0 Å². The predicted octanol–water partition coefficient (Wildman–Crippen LogP) is 3.06. The Kier molecular flexibility index (Phi) is 1.40. The van der Waals surface area contributed by atoms with E-state index in [0.717, 1.165) is 5.92 Å². The molecule has 1 unspecified atom stereocenters. The molecule has 1 atom stereocenters. The minimum absolute atomic E-state index is 0.760. The standard InChI is InChI=1S/C10H14/c1-8-6-7-9-4-2-3-5-10(8)9/h6-8H,2-5H2,1H3. The van der Waals surface area contributed by atoms with Crippen molar-refractivity contribution in [2.75, 3.05) is 0 Å². The van der Waals surface area contributed by atoms with E-state index in [4.69, 9.17) is 0 Å². The van der Waals surface area contributed by atoms with E-state index in [0.29, 0.717) is 0 Å². The summed E-state index contributed by atoms with van der Waals surface area (Å²) < 4.78 is 0. The first-order valence-corrected chi connectivity index (χ1v) is 4.28. The van der Waals surface area contributed by atoms with Gasteiger partial charge in [-0.2, -0.15) is 0 Å². The maximum Gasteiger partial charge on any atom is -0.00426 e. The smallest absolute Gasteiger partial charge is 0.00426 e. The van der Waals surface area contributed by atoms with Crippen molar-refractivity contribution in [3.05, 3.63) is 23.3 Å². The average Bonchev–Trinajstić information content (AvgIpc) is 2.34. The van der Waals surface area contributed by atoms with Crippen LogP contribution >= 0.6 is 0 Å². The SMILES string of the molecule is CC1C=CC2=C1CCCC2. The molecule has 0 aromatic heterocycles. The summed E-state index contributed by atoms with van der Waals surface area (Å²) in [5.41, 5.74) is 3.38. The Balaban J connectivity index is 2.27. The second kappa shape index (κ2) is 2.26. The molecule has 0 heterocycles. The number of hydrogen-bond acceptors (Lipinski definition) is 0. The lowest BCUT2D eigenvalue weighted by Crippen LogP contribution is -1.99. The molecule has 10 heavy (non-hydrogen) atoms. The molecular formula is C10H14. The van der Waals surface area contributed by atoms with Gasteiger partial charge in [0.05, 0.1) is 0 Å². The van der Waals surface area contributed by atoms with Crippen LogP contribution in [0.25, 0.3) is 0 Å². The molecule has 0 bridgehead atoms. The minimum atomic E-state index is 0.760. The Morgan fingerprint density at radius 1 is 1.30 bits per heavy atom. The quantitative estimate of drug-likeness (QED) is 0.477. The predicted molar refractivity (Wildman–Crippen MR) is 43.8 cm³/mol. The van der Waals surface area contributed by atoms with Crippen molar-refractivity contribution >= 4 is 0 Å². The average molecular weight is 134 g/mol. The van der Waals surface area contributed by atoms with Crippen LogP contribution in [0.1, 0.15) is 32.6 Å². The van der Waals surface area contributed by atoms with Gasteiger partial charge in [0.1, 0.15) is 0 Å². The fourth-order valence-electron chi connectivity index (χ4n) is 2.04. The Labute approximate surface area is 62.6 Å². The lowest BCUT2D eigenvalue weighted by Gasteiger charge is -2.16. The molecule has 0 radical (unpaired) electrons. The maximum absolute atomic E-state index is 2.34. The van der Waals surface area contributed by atoms with Crippen molar-refractivity contribution in [1.82, 2.24) is 0 Å². The normalized spacial score (nSPS) is 31.1. The summed E-state index contributed by atoms with van der Waals surface area (Å²) in [6.45, 7) is 2.31. The fourth-order valence-corrected chi connectivity index (χ4v) is 2.04. The first-order chi connectivity index (χ1) is 4.88. The van der Waals surface area contributed by atoms with E-state index >= 15 is 0 Å². The zero-order valence-electron chi connectivity index (χ0n) is 6.56. The summed E-state index contributed by atoms with van der Waals surface area (Å²) in [5.74, 6) is 0.760. The molecule has 2 rings (SSSR count). The molecule has 0 nitrogen and oxygen atoms in total. The largest absolute Gasteiger partial charge is 0.0773 e. The molecule has 2 aliphatic rings. The van der Waals surface area contributed by atoms with Crippen LogP contribution in [0.2, 0.25) is 0 Å². The zero-order chi connectivity index (χ0) is 6.97. The van der Waals surface area contributed by atoms with Crippen LogP contribution in [0.5, 0.6) is 0 Å². The van der Waals surface area contributed by atoms with E-state index in [9.17, 15) is 0 Å². The molecule has 0 saturated carbocycles. The Hall–Kier alpha value is -0.520. The lowest BCUT2D eigenvalue weighted by atomic mass is 9.90. The second-order valence-electron chi connectivity index (χ2n) is 3.41. The molecular weight excluding hydrogens is 120 g/mol. The molecule has 0 N–H and O–H groups in total. The van der Waals surface area contributed by atoms with Gasteiger partial charge in [-0.15, -0.1) is 0 Å². The summed E-state index contributed by atoms with van der Waals surface area (Å²) in [6.07, 6.45) is 10.2. The molecule has 0 aliphatic heterocycles. The molecule has 0 aromatic carbocycles. The third-order valence-electron chi connectivity index (χ3n) is 2.69. The molecule has 0 saturated heterocycles. The number of allylic oxidation sites excluding steroid dienone is 4. The lowest BCUT2D eigenvalue weighted by molar-refractivity contribution is 0.645. The molecule has 54 valence electrons. The van der Waals surface area contributed by atoms with Crippen molar-refractivity contribution in [3.8, 4) is 0 Å².